The Hall–Kier alpha value is -3.17. The Labute approximate surface area is 230 Å². The number of ether oxygens (including phenoxy) is 3. The minimum atomic E-state index is -1.18. The molecule has 1 spiro atoms. The van der Waals surface area contributed by atoms with Crippen LogP contribution in [0, 0.1) is 17.8 Å². The molecule has 212 valence electrons. The zero-order chi connectivity index (χ0) is 28.3. The number of aliphatic hydroxyl groups is 1. The third-order valence-electron chi connectivity index (χ3n) is 8.12. The maximum Gasteiger partial charge on any atom is 0.312 e. The molecule has 6 atom stereocenters. The van der Waals surface area contributed by atoms with Crippen LogP contribution in [0.25, 0.3) is 0 Å². The fourth-order valence-electron chi connectivity index (χ4n) is 6.55. The molecule has 3 aliphatic heterocycles. The highest BCUT2D eigenvalue weighted by molar-refractivity contribution is 6.04. The number of fused-ring (bicyclic) bond motifs is 1. The first-order chi connectivity index (χ1) is 18.7. The molecule has 0 aliphatic carbocycles. The van der Waals surface area contributed by atoms with E-state index in [4.69, 9.17) is 14.2 Å². The van der Waals surface area contributed by atoms with Crippen LogP contribution < -0.4 is 9.64 Å². The fraction of sp³-hybridized carbons (Fsp3) is 0.567. The number of likely N-dealkylation sites (tertiary alicyclic amines) is 1. The molecule has 3 aliphatic rings. The van der Waals surface area contributed by atoms with E-state index in [1.54, 1.807) is 48.4 Å². The van der Waals surface area contributed by atoms with E-state index in [0.717, 1.165) is 0 Å². The normalized spacial score (nSPS) is 27.8. The number of aliphatic hydroxyl groups excluding tert-OH is 1. The van der Waals surface area contributed by atoms with Crippen molar-refractivity contribution in [2.24, 2.45) is 17.8 Å². The first-order valence-corrected chi connectivity index (χ1v) is 13.7. The molecule has 1 aromatic carbocycles. The van der Waals surface area contributed by atoms with Crippen molar-refractivity contribution in [1.82, 2.24) is 4.90 Å². The SMILES string of the molecule is C=CCCOC(=O)[C@@H]1[C@H]2C(=O)N([C@@H](CO)CC(C)C)C(C(=O)N(CC=C)c3ccc(OC)cc3)C23CC[C@H]1O3. The number of esters is 1. The first-order valence-electron chi connectivity index (χ1n) is 13.7. The summed E-state index contributed by atoms with van der Waals surface area (Å²) in [6, 6.07) is 5.47. The Bertz CT molecular complexity index is 1090. The molecule has 2 bridgehead atoms. The predicted octanol–water partition coefficient (Wildman–Crippen LogP) is 3.12. The maximum atomic E-state index is 14.5. The molecule has 3 fully saturated rings. The smallest absolute Gasteiger partial charge is 0.312 e. The second-order valence-corrected chi connectivity index (χ2v) is 10.9. The number of benzene rings is 1. The Morgan fingerprint density at radius 3 is 2.56 bits per heavy atom. The van der Waals surface area contributed by atoms with Crippen molar-refractivity contribution in [2.45, 2.75) is 63.3 Å². The van der Waals surface area contributed by atoms with Gasteiger partial charge in [0.1, 0.15) is 17.4 Å². The van der Waals surface area contributed by atoms with Crippen molar-refractivity contribution in [1.29, 1.82) is 0 Å². The third kappa shape index (κ3) is 5.10. The second-order valence-electron chi connectivity index (χ2n) is 10.9. The molecule has 4 rings (SSSR count). The lowest BCUT2D eigenvalue weighted by molar-refractivity contribution is -0.155. The Balaban J connectivity index is 1.77. The molecule has 3 saturated heterocycles. The quantitative estimate of drug-likeness (QED) is 0.233. The minimum absolute atomic E-state index is 0.159. The van der Waals surface area contributed by atoms with E-state index in [2.05, 4.69) is 13.2 Å². The summed E-state index contributed by atoms with van der Waals surface area (Å²) in [7, 11) is 1.57. The van der Waals surface area contributed by atoms with Gasteiger partial charge in [0.2, 0.25) is 5.91 Å². The van der Waals surface area contributed by atoms with Crippen molar-refractivity contribution in [3.63, 3.8) is 0 Å². The van der Waals surface area contributed by atoms with Crippen LogP contribution in [0.1, 0.15) is 39.5 Å². The second kappa shape index (κ2) is 11.9. The van der Waals surface area contributed by atoms with Gasteiger partial charge >= 0.3 is 5.97 Å². The van der Waals surface area contributed by atoms with Crippen LogP contribution in [0.5, 0.6) is 5.75 Å². The van der Waals surface area contributed by atoms with Crippen molar-refractivity contribution in [2.75, 3.05) is 31.8 Å². The summed E-state index contributed by atoms with van der Waals surface area (Å²) in [6.07, 6.45) is 4.79. The van der Waals surface area contributed by atoms with Gasteiger partial charge in [-0.3, -0.25) is 14.4 Å². The van der Waals surface area contributed by atoms with Crippen LogP contribution in [-0.2, 0) is 23.9 Å². The Morgan fingerprint density at radius 2 is 1.97 bits per heavy atom. The lowest BCUT2D eigenvalue weighted by atomic mass is 9.70. The molecule has 0 radical (unpaired) electrons. The number of hydrogen-bond acceptors (Lipinski definition) is 7. The van der Waals surface area contributed by atoms with E-state index in [-0.39, 0.29) is 37.5 Å². The number of rotatable bonds is 13. The first kappa shape index (κ1) is 28.8. The van der Waals surface area contributed by atoms with E-state index < -0.39 is 41.6 Å². The monoisotopic (exact) mass is 540 g/mol. The number of hydrogen-bond donors (Lipinski definition) is 1. The third-order valence-corrected chi connectivity index (χ3v) is 8.12. The van der Waals surface area contributed by atoms with Gasteiger partial charge in [-0.15, -0.1) is 13.2 Å². The van der Waals surface area contributed by atoms with Gasteiger partial charge in [0.15, 0.2) is 0 Å². The van der Waals surface area contributed by atoms with Gasteiger partial charge in [0, 0.05) is 12.2 Å². The highest BCUT2D eigenvalue weighted by Crippen LogP contribution is 2.59. The van der Waals surface area contributed by atoms with Crippen LogP contribution in [0.4, 0.5) is 5.69 Å². The molecule has 2 unspecified atom stereocenters. The van der Waals surface area contributed by atoms with E-state index in [1.807, 2.05) is 13.8 Å². The zero-order valence-electron chi connectivity index (χ0n) is 23.1. The standard InChI is InChI=1S/C30H40N2O7/c1-6-8-16-38-29(36)24-23-13-14-30(39-23)25(24)27(34)32(21(18-33)17-19(3)4)26(30)28(35)31(15-7-2)20-9-11-22(37-5)12-10-20/h6-7,9-12,19,21,23-26,33H,1-2,8,13-18H2,3-5H3/t21-,23-,24+,25+,26?,30?/m1/s1. The number of nitrogens with zero attached hydrogens (tertiary/aromatic N) is 2. The molecular weight excluding hydrogens is 500 g/mol. The number of amides is 2. The Kier molecular flexibility index (Phi) is 8.81. The minimum Gasteiger partial charge on any atom is -0.497 e. The predicted molar refractivity (Wildman–Crippen MR) is 146 cm³/mol. The maximum absolute atomic E-state index is 14.5. The van der Waals surface area contributed by atoms with Gasteiger partial charge < -0.3 is 29.1 Å². The fourth-order valence-corrected chi connectivity index (χ4v) is 6.55. The summed E-state index contributed by atoms with van der Waals surface area (Å²) < 4.78 is 17.3. The summed E-state index contributed by atoms with van der Waals surface area (Å²) in [5, 5.41) is 10.4. The lowest BCUT2D eigenvalue weighted by Gasteiger charge is -2.39. The van der Waals surface area contributed by atoms with E-state index in [9.17, 15) is 19.5 Å². The lowest BCUT2D eigenvalue weighted by Crippen LogP contribution is -2.59. The van der Waals surface area contributed by atoms with E-state index in [1.165, 1.54) is 4.90 Å². The molecule has 0 aromatic heterocycles. The molecule has 9 nitrogen and oxygen atoms in total. The van der Waals surface area contributed by atoms with Crippen LogP contribution in [-0.4, -0.2) is 78.4 Å². The largest absolute Gasteiger partial charge is 0.497 e. The molecule has 2 amide bonds. The Morgan fingerprint density at radius 1 is 1.26 bits per heavy atom. The van der Waals surface area contributed by atoms with Crippen molar-refractivity contribution in [3.05, 3.63) is 49.6 Å². The van der Waals surface area contributed by atoms with Crippen LogP contribution in [0.15, 0.2) is 49.6 Å². The highest BCUT2D eigenvalue weighted by atomic mass is 16.6. The van der Waals surface area contributed by atoms with Crippen LogP contribution in [0.2, 0.25) is 0 Å². The van der Waals surface area contributed by atoms with Crippen molar-refractivity contribution < 1.29 is 33.7 Å². The topological polar surface area (TPSA) is 106 Å². The van der Waals surface area contributed by atoms with Crippen molar-refractivity contribution in [3.8, 4) is 5.75 Å². The molecule has 3 heterocycles. The summed E-state index contributed by atoms with van der Waals surface area (Å²) in [5.41, 5.74) is -0.567. The van der Waals surface area contributed by atoms with Gasteiger partial charge in [-0.2, -0.15) is 0 Å². The molecule has 0 saturated carbocycles. The summed E-state index contributed by atoms with van der Waals surface area (Å²) >= 11 is 0. The average Bonchev–Trinajstić information content (AvgIpc) is 3.57. The zero-order valence-corrected chi connectivity index (χ0v) is 23.1. The summed E-state index contributed by atoms with van der Waals surface area (Å²) in [4.78, 5) is 45.1. The molecule has 1 aromatic rings. The number of carbonyl (C=O) groups is 3. The highest BCUT2D eigenvalue weighted by Gasteiger charge is 2.75. The molecule has 9 heteroatoms. The number of anilines is 1. The number of carbonyl (C=O) groups excluding carboxylic acids is 3. The average molecular weight is 541 g/mol. The summed E-state index contributed by atoms with van der Waals surface area (Å²) in [6.45, 7) is 11.6. The van der Waals surface area contributed by atoms with Gasteiger partial charge in [-0.25, -0.2) is 0 Å². The van der Waals surface area contributed by atoms with Gasteiger partial charge in [-0.1, -0.05) is 26.0 Å². The number of methoxy groups -OCH3 is 1. The van der Waals surface area contributed by atoms with Crippen LogP contribution in [0.3, 0.4) is 0 Å². The van der Waals surface area contributed by atoms with Crippen molar-refractivity contribution >= 4 is 23.5 Å². The summed E-state index contributed by atoms with van der Waals surface area (Å²) in [5.74, 6) is -2.01. The van der Waals surface area contributed by atoms with Crippen LogP contribution >= 0.6 is 0 Å². The van der Waals surface area contributed by atoms with Gasteiger partial charge in [-0.05, 0) is 55.9 Å². The molecule has 39 heavy (non-hydrogen) atoms. The van der Waals surface area contributed by atoms with Gasteiger partial charge in [0.25, 0.3) is 5.91 Å². The van der Waals surface area contributed by atoms with Gasteiger partial charge in [0.05, 0.1) is 44.3 Å². The van der Waals surface area contributed by atoms with E-state index >= 15 is 0 Å². The molecule has 1 N–H and O–H groups in total. The molecular formula is C30H40N2O7. The van der Waals surface area contributed by atoms with E-state index in [0.29, 0.717) is 37.1 Å².